The summed E-state index contributed by atoms with van der Waals surface area (Å²) < 4.78 is 25.3. The normalized spacial score (nSPS) is 11.8. The van der Waals surface area contributed by atoms with Crippen LogP contribution in [-0.2, 0) is 16.6 Å². The highest BCUT2D eigenvalue weighted by atomic mass is 127. The first-order chi connectivity index (χ1) is 11.4. The molecule has 144 valence electrons. The molecule has 0 aliphatic carbocycles. The Hall–Kier alpha value is -0.870. The Kier molecular flexibility index (Phi) is 12.0. The molecular weight excluding hydrogens is 451 g/mol. The molecule has 0 heterocycles. The first-order valence-electron chi connectivity index (χ1n) is 8.40. The second kappa shape index (κ2) is 12.5. The number of aliphatic imine (C=N–C) groups is 1. The molecule has 25 heavy (non-hydrogen) atoms. The van der Waals surface area contributed by atoms with Gasteiger partial charge in [-0.25, -0.2) is 13.1 Å². The van der Waals surface area contributed by atoms with Gasteiger partial charge in [-0.1, -0.05) is 29.8 Å². The maximum atomic E-state index is 11.4. The van der Waals surface area contributed by atoms with Crippen LogP contribution in [0.1, 0.15) is 31.4 Å². The number of guanidine groups is 1. The van der Waals surface area contributed by atoms with Crippen molar-refractivity contribution in [2.75, 3.05) is 32.4 Å². The van der Waals surface area contributed by atoms with Gasteiger partial charge in [0.25, 0.3) is 0 Å². The van der Waals surface area contributed by atoms with Crippen LogP contribution in [0.5, 0.6) is 0 Å². The summed E-state index contributed by atoms with van der Waals surface area (Å²) in [5, 5.41) is 3.27. The van der Waals surface area contributed by atoms with E-state index in [2.05, 4.69) is 51.1 Å². The fourth-order valence-electron chi connectivity index (χ4n) is 2.11. The summed E-state index contributed by atoms with van der Waals surface area (Å²) in [6, 6.07) is 8.45. The van der Waals surface area contributed by atoms with Gasteiger partial charge in [0.2, 0.25) is 10.0 Å². The maximum Gasteiger partial charge on any atom is 0.211 e. The van der Waals surface area contributed by atoms with Gasteiger partial charge in [0.1, 0.15) is 0 Å². The van der Waals surface area contributed by atoms with Crippen LogP contribution in [0.3, 0.4) is 0 Å². The summed E-state index contributed by atoms with van der Waals surface area (Å²) in [7, 11) is -1.11. The standard InChI is InChI=1S/C17H30N4O2S.HI/c1-5-18-17(19-12-7-13-20-24(22,23)6-2)21(4)14-16-10-8-15(3)9-11-16;/h8-11,20H,5-7,12-14H2,1-4H3,(H,18,19);1H. The minimum atomic E-state index is -3.12. The quantitative estimate of drug-likeness (QED) is 0.245. The Bertz CT molecular complexity index is 618. The van der Waals surface area contributed by atoms with Crippen LogP contribution < -0.4 is 10.0 Å². The molecule has 8 heteroatoms. The summed E-state index contributed by atoms with van der Waals surface area (Å²) in [6.45, 7) is 8.29. The number of rotatable bonds is 9. The number of hydrogen-bond acceptors (Lipinski definition) is 3. The zero-order valence-corrected chi connectivity index (χ0v) is 18.7. The second-order valence-corrected chi connectivity index (χ2v) is 7.82. The zero-order chi connectivity index (χ0) is 18.0. The van der Waals surface area contributed by atoms with Crippen LogP contribution in [0.15, 0.2) is 29.3 Å². The van der Waals surface area contributed by atoms with Gasteiger partial charge >= 0.3 is 0 Å². The van der Waals surface area contributed by atoms with E-state index < -0.39 is 10.0 Å². The summed E-state index contributed by atoms with van der Waals surface area (Å²) in [5.74, 6) is 0.939. The molecule has 0 aliphatic heterocycles. The van der Waals surface area contributed by atoms with Gasteiger partial charge in [-0.05, 0) is 32.8 Å². The smallest absolute Gasteiger partial charge is 0.211 e. The summed E-state index contributed by atoms with van der Waals surface area (Å²) in [6.07, 6.45) is 0.673. The molecule has 0 saturated heterocycles. The van der Waals surface area contributed by atoms with Gasteiger partial charge in [-0.3, -0.25) is 4.99 Å². The molecule has 0 unspecified atom stereocenters. The average molecular weight is 482 g/mol. The van der Waals surface area contributed by atoms with Crippen molar-refractivity contribution >= 4 is 40.0 Å². The van der Waals surface area contributed by atoms with E-state index in [-0.39, 0.29) is 29.7 Å². The minimum Gasteiger partial charge on any atom is -0.357 e. The maximum absolute atomic E-state index is 11.4. The average Bonchev–Trinajstić information content (AvgIpc) is 2.55. The van der Waals surface area contributed by atoms with E-state index in [0.717, 1.165) is 19.0 Å². The van der Waals surface area contributed by atoms with E-state index in [1.807, 2.05) is 14.0 Å². The van der Waals surface area contributed by atoms with E-state index in [1.54, 1.807) is 6.92 Å². The van der Waals surface area contributed by atoms with Gasteiger partial charge in [-0.2, -0.15) is 0 Å². The van der Waals surface area contributed by atoms with Crippen molar-refractivity contribution in [3.63, 3.8) is 0 Å². The SMILES string of the molecule is CCNC(=NCCCNS(=O)(=O)CC)N(C)Cc1ccc(C)cc1.I. The lowest BCUT2D eigenvalue weighted by Crippen LogP contribution is -2.38. The molecule has 0 saturated carbocycles. The van der Waals surface area contributed by atoms with Crippen LogP contribution in [0.2, 0.25) is 0 Å². The van der Waals surface area contributed by atoms with Crippen molar-refractivity contribution < 1.29 is 8.42 Å². The first kappa shape index (κ1) is 24.1. The van der Waals surface area contributed by atoms with Crippen LogP contribution in [0.4, 0.5) is 0 Å². The van der Waals surface area contributed by atoms with E-state index >= 15 is 0 Å². The predicted molar refractivity (Wildman–Crippen MR) is 116 cm³/mol. The molecule has 6 nitrogen and oxygen atoms in total. The Balaban J connectivity index is 0.00000576. The molecule has 0 fully saturated rings. The Morgan fingerprint density at radius 2 is 1.84 bits per heavy atom. The molecule has 0 spiro atoms. The summed E-state index contributed by atoms with van der Waals surface area (Å²) in [4.78, 5) is 6.64. The largest absolute Gasteiger partial charge is 0.357 e. The highest BCUT2D eigenvalue weighted by molar-refractivity contribution is 14.0. The highest BCUT2D eigenvalue weighted by Gasteiger charge is 2.07. The first-order valence-corrected chi connectivity index (χ1v) is 10.1. The van der Waals surface area contributed by atoms with E-state index in [0.29, 0.717) is 19.5 Å². The van der Waals surface area contributed by atoms with Gasteiger partial charge < -0.3 is 10.2 Å². The lowest BCUT2D eigenvalue weighted by molar-refractivity contribution is 0.476. The summed E-state index contributed by atoms with van der Waals surface area (Å²) in [5.41, 5.74) is 2.47. The van der Waals surface area contributed by atoms with Crippen molar-refractivity contribution in [1.82, 2.24) is 14.9 Å². The van der Waals surface area contributed by atoms with Crippen LogP contribution in [-0.4, -0.2) is 51.7 Å². The Morgan fingerprint density at radius 1 is 1.20 bits per heavy atom. The molecule has 0 aliphatic rings. The van der Waals surface area contributed by atoms with Gasteiger partial charge in [0.05, 0.1) is 5.75 Å². The van der Waals surface area contributed by atoms with Crippen molar-refractivity contribution in [1.29, 1.82) is 0 Å². The number of sulfonamides is 1. The van der Waals surface area contributed by atoms with Gasteiger partial charge in [-0.15, -0.1) is 24.0 Å². The monoisotopic (exact) mass is 482 g/mol. The molecule has 0 amide bonds. The van der Waals surface area contributed by atoms with Crippen molar-refractivity contribution in [3.05, 3.63) is 35.4 Å². The molecular formula is C17H31IN4O2S. The third-order valence-electron chi connectivity index (χ3n) is 3.54. The molecule has 1 rings (SSSR count). The zero-order valence-electron chi connectivity index (χ0n) is 15.6. The minimum absolute atomic E-state index is 0. The number of nitrogens with zero attached hydrogens (tertiary/aromatic N) is 2. The topological polar surface area (TPSA) is 73.8 Å². The second-order valence-electron chi connectivity index (χ2n) is 5.73. The third-order valence-corrected chi connectivity index (χ3v) is 4.94. The van der Waals surface area contributed by atoms with Crippen molar-refractivity contribution in [3.8, 4) is 0 Å². The van der Waals surface area contributed by atoms with Crippen LogP contribution in [0, 0.1) is 6.92 Å². The molecule has 0 bridgehead atoms. The Labute approximate surface area is 169 Å². The number of halogens is 1. The van der Waals surface area contributed by atoms with E-state index in [4.69, 9.17) is 0 Å². The number of hydrogen-bond donors (Lipinski definition) is 2. The third kappa shape index (κ3) is 10.0. The van der Waals surface area contributed by atoms with E-state index in [9.17, 15) is 8.42 Å². The van der Waals surface area contributed by atoms with E-state index in [1.165, 1.54) is 11.1 Å². The lowest BCUT2D eigenvalue weighted by Gasteiger charge is -2.22. The molecule has 0 aromatic heterocycles. The number of nitrogens with one attached hydrogen (secondary N) is 2. The molecule has 2 N–H and O–H groups in total. The lowest BCUT2D eigenvalue weighted by atomic mass is 10.1. The number of aryl methyl sites for hydroxylation is 1. The fraction of sp³-hybridized carbons (Fsp3) is 0.588. The Morgan fingerprint density at radius 3 is 2.40 bits per heavy atom. The number of benzene rings is 1. The van der Waals surface area contributed by atoms with Gasteiger partial charge in [0, 0.05) is 33.2 Å². The van der Waals surface area contributed by atoms with Crippen molar-refractivity contribution in [2.45, 2.75) is 33.7 Å². The van der Waals surface area contributed by atoms with Crippen LogP contribution >= 0.6 is 24.0 Å². The molecule has 1 aromatic carbocycles. The van der Waals surface area contributed by atoms with Crippen LogP contribution in [0.25, 0.3) is 0 Å². The molecule has 0 radical (unpaired) electrons. The highest BCUT2D eigenvalue weighted by Crippen LogP contribution is 2.06. The molecule has 0 atom stereocenters. The predicted octanol–water partition coefficient (Wildman–Crippen LogP) is 2.34. The fourth-order valence-corrected chi connectivity index (χ4v) is 2.77. The molecule has 1 aromatic rings. The van der Waals surface area contributed by atoms with Crippen molar-refractivity contribution in [2.24, 2.45) is 4.99 Å². The van der Waals surface area contributed by atoms with Gasteiger partial charge in [0.15, 0.2) is 5.96 Å². The summed E-state index contributed by atoms with van der Waals surface area (Å²) >= 11 is 0.